The summed E-state index contributed by atoms with van der Waals surface area (Å²) in [5.74, 6) is 0.444. The summed E-state index contributed by atoms with van der Waals surface area (Å²) in [7, 11) is 0. The zero-order chi connectivity index (χ0) is 10.8. The summed E-state index contributed by atoms with van der Waals surface area (Å²) < 4.78 is 0. The first kappa shape index (κ1) is 9.41. The smallest absolute Gasteiger partial charge is 0.0205 e. The van der Waals surface area contributed by atoms with Crippen molar-refractivity contribution in [3.8, 4) is 0 Å². The predicted molar refractivity (Wildman–Crippen MR) is 69.6 cm³/mol. The van der Waals surface area contributed by atoms with Crippen LogP contribution in [0.25, 0.3) is 10.8 Å². The highest BCUT2D eigenvalue weighted by Gasteiger charge is 2.09. The molecule has 0 unspecified atom stereocenters. The molecule has 3 rings (SSSR count). The molecule has 0 aliphatic heterocycles. The topological polar surface area (TPSA) is 0 Å². The number of hydrogen-bond donors (Lipinski definition) is 0. The maximum atomic E-state index is 2.29. The Morgan fingerprint density at radius 3 is 2.44 bits per heavy atom. The lowest BCUT2D eigenvalue weighted by atomic mass is 9.90. The summed E-state index contributed by atoms with van der Waals surface area (Å²) in [5, 5.41) is 2.69. The number of fused-ring (bicyclic) bond motifs is 1. The van der Waals surface area contributed by atoms with Crippen molar-refractivity contribution in [2.24, 2.45) is 0 Å². The van der Waals surface area contributed by atoms with Crippen LogP contribution >= 0.6 is 0 Å². The van der Waals surface area contributed by atoms with Crippen LogP contribution in [0.5, 0.6) is 0 Å². The van der Waals surface area contributed by atoms with Gasteiger partial charge in [0.25, 0.3) is 0 Å². The first-order valence-corrected chi connectivity index (χ1v) is 5.76. The van der Waals surface area contributed by atoms with Crippen LogP contribution in [0.4, 0.5) is 0 Å². The summed E-state index contributed by atoms with van der Waals surface area (Å²) in [6, 6.07) is 15.1. The molecule has 78 valence electrons. The predicted octanol–water partition coefficient (Wildman–Crippen LogP) is 4.44. The van der Waals surface area contributed by atoms with Gasteiger partial charge in [-0.3, -0.25) is 0 Å². The van der Waals surface area contributed by atoms with Crippen LogP contribution in [-0.4, -0.2) is 0 Å². The van der Waals surface area contributed by atoms with E-state index in [2.05, 4.69) is 66.8 Å². The van der Waals surface area contributed by atoms with Crippen LogP contribution in [-0.2, 0) is 0 Å². The van der Waals surface area contributed by atoms with E-state index in [1.54, 1.807) is 0 Å². The minimum atomic E-state index is 0.444. The molecule has 0 radical (unpaired) electrons. The molecule has 2 aromatic rings. The maximum absolute atomic E-state index is 2.29. The fourth-order valence-electron chi connectivity index (χ4n) is 2.34. The molecule has 16 heavy (non-hydrogen) atoms. The Kier molecular flexibility index (Phi) is 2.34. The number of benzene rings is 2. The first-order valence-electron chi connectivity index (χ1n) is 5.76. The largest absolute Gasteiger partial charge is 0.0838 e. The number of allylic oxidation sites excluding steroid dienone is 4. The van der Waals surface area contributed by atoms with Crippen molar-refractivity contribution in [2.45, 2.75) is 12.3 Å². The molecule has 0 bridgehead atoms. The maximum Gasteiger partial charge on any atom is 0.0205 e. The molecule has 0 N–H and O–H groups in total. The monoisotopic (exact) mass is 206 g/mol. The second-order valence-electron chi connectivity index (χ2n) is 4.19. The third-order valence-electron chi connectivity index (χ3n) is 3.14. The van der Waals surface area contributed by atoms with Gasteiger partial charge in [0.15, 0.2) is 0 Å². The lowest BCUT2D eigenvalue weighted by Gasteiger charge is -2.14. The van der Waals surface area contributed by atoms with Crippen molar-refractivity contribution < 1.29 is 0 Å². The molecule has 0 spiro atoms. The Morgan fingerprint density at radius 2 is 1.56 bits per heavy atom. The van der Waals surface area contributed by atoms with Crippen molar-refractivity contribution in [3.05, 3.63) is 72.3 Å². The highest BCUT2D eigenvalue weighted by molar-refractivity contribution is 5.86. The van der Waals surface area contributed by atoms with Crippen molar-refractivity contribution in [1.29, 1.82) is 0 Å². The van der Waals surface area contributed by atoms with E-state index >= 15 is 0 Å². The summed E-state index contributed by atoms with van der Waals surface area (Å²) in [6.07, 6.45) is 10.1. The molecule has 1 aliphatic carbocycles. The highest BCUT2D eigenvalue weighted by Crippen LogP contribution is 2.29. The zero-order valence-corrected chi connectivity index (χ0v) is 9.14. The fourth-order valence-corrected chi connectivity index (χ4v) is 2.34. The van der Waals surface area contributed by atoms with Gasteiger partial charge >= 0.3 is 0 Å². The van der Waals surface area contributed by atoms with Gasteiger partial charge in [0, 0.05) is 5.92 Å². The van der Waals surface area contributed by atoms with Gasteiger partial charge in [-0.2, -0.15) is 0 Å². The SMILES string of the molecule is C1=CC(c2cccc3ccccc23)C=CC1. The van der Waals surface area contributed by atoms with E-state index in [1.165, 1.54) is 16.3 Å². The van der Waals surface area contributed by atoms with Crippen molar-refractivity contribution in [3.63, 3.8) is 0 Å². The van der Waals surface area contributed by atoms with Crippen LogP contribution in [0.3, 0.4) is 0 Å². The lowest BCUT2D eigenvalue weighted by molar-refractivity contribution is 1.05. The Balaban J connectivity index is 2.19. The minimum absolute atomic E-state index is 0.444. The normalized spacial score (nSPS) is 15.8. The van der Waals surface area contributed by atoms with Gasteiger partial charge < -0.3 is 0 Å². The summed E-state index contributed by atoms with van der Waals surface area (Å²) in [4.78, 5) is 0. The van der Waals surface area contributed by atoms with Crippen LogP contribution in [0.1, 0.15) is 17.9 Å². The molecule has 0 nitrogen and oxygen atoms in total. The second kappa shape index (κ2) is 3.97. The van der Waals surface area contributed by atoms with E-state index in [0.717, 1.165) is 6.42 Å². The van der Waals surface area contributed by atoms with Crippen LogP contribution in [0, 0.1) is 0 Å². The zero-order valence-electron chi connectivity index (χ0n) is 9.14. The quantitative estimate of drug-likeness (QED) is 0.605. The van der Waals surface area contributed by atoms with Crippen molar-refractivity contribution in [2.75, 3.05) is 0 Å². The van der Waals surface area contributed by atoms with Crippen LogP contribution in [0.2, 0.25) is 0 Å². The molecule has 0 fully saturated rings. The van der Waals surface area contributed by atoms with Gasteiger partial charge in [0.1, 0.15) is 0 Å². The van der Waals surface area contributed by atoms with Crippen LogP contribution < -0.4 is 0 Å². The third-order valence-corrected chi connectivity index (χ3v) is 3.14. The first-order chi connectivity index (χ1) is 7.95. The van der Waals surface area contributed by atoms with E-state index in [-0.39, 0.29) is 0 Å². The Labute approximate surface area is 95.9 Å². The molecule has 1 aliphatic rings. The Bertz CT molecular complexity index is 544. The fraction of sp³-hybridized carbons (Fsp3) is 0.125. The molecule has 0 heteroatoms. The van der Waals surface area contributed by atoms with E-state index in [0.29, 0.717) is 5.92 Å². The van der Waals surface area contributed by atoms with Gasteiger partial charge in [0.2, 0.25) is 0 Å². The molecule has 0 atom stereocenters. The number of rotatable bonds is 1. The highest BCUT2D eigenvalue weighted by atomic mass is 14.1. The number of hydrogen-bond acceptors (Lipinski definition) is 0. The van der Waals surface area contributed by atoms with Crippen molar-refractivity contribution in [1.82, 2.24) is 0 Å². The summed E-state index contributed by atoms with van der Waals surface area (Å²) >= 11 is 0. The van der Waals surface area contributed by atoms with Gasteiger partial charge in [-0.05, 0) is 22.8 Å². The van der Waals surface area contributed by atoms with E-state index in [9.17, 15) is 0 Å². The second-order valence-corrected chi connectivity index (χ2v) is 4.19. The molecule has 0 amide bonds. The lowest BCUT2D eigenvalue weighted by Crippen LogP contribution is -1.95. The third kappa shape index (κ3) is 1.57. The van der Waals surface area contributed by atoms with Gasteiger partial charge in [0.05, 0.1) is 0 Å². The Hall–Kier alpha value is -1.82. The molecular formula is C16H14. The average Bonchev–Trinajstić information content (AvgIpc) is 2.39. The summed E-state index contributed by atoms with van der Waals surface area (Å²) in [6.45, 7) is 0. The van der Waals surface area contributed by atoms with Gasteiger partial charge in [-0.1, -0.05) is 66.8 Å². The van der Waals surface area contributed by atoms with Crippen molar-refractivity contribution >= 4 is 10.8 Å². The molecule has 2 aromatic carbocycles. The van der Waals surface area contributed by atoms with Crippen LogP contribution in [0.15, 0.2) is 66.8 Å². The standard InChI is InChI=1S/C16H14/c1-2-7-13(8-3-1)16-12-6-10-14-9-4-5-11-15(14)16/h2-13H,1H2. The van der Waals surface area contributed by atoms with Gasteiger partial charge in [-0.25, -0.2) is 0 Å². The van der Waals surface area contributed by atoms with Gasteiger partial charge in [-0.15, -0.1) is 0 Å². The minimum Gasteiger partial charge on any atom is -0.0838 e. The summed E-state index contributed by atoms with van der Waals surface area (Å²) in [5.41, 5.74) is 1.41. The van der Waals surface area contributed by atoms with E-state index in [1.807, 2.05) is 0 Å². The Morgan fingerprint density at radius 1 is 0.812 bits per heavy atom. The molecule has 0 saturated carbocycles. The molecule has 0 aromatic heterocycles. The average molecular weight is 206 g/mol. The van der Waals surface area contributed by atoms with E-state index < -0.39 is 0 Å². The molecule has 0 heterocycles. The van der Waals surface area contributed by atoms with E-state index in [4.69, 9.17) is 0 Å². The molecule has 0 saturated heterocycles. The molecular weight excluding hydrogens is 192 g/mol.